The molecule has 1 aromatic carbocycles. The molecule has 0 unspecified atom stereocenters. The number of hydrogen-bond donors (Lipinski definition) is 2. The SMILES string of the molecule is CC[C@@H](O)[C@H](O)c1cccc(C)c1. The van der Waals surface area contributed by atoms with Gasteiger partial charge in [-0.1, -0.05) is 36.8 Å². The monoisotopic (exact) mass is 180 g/mol. The van der Waals surface area contributed by atoms with E-state index < -0.39 is 12.2 Å². The molecule has 0 aliphatic heterocycles. The van der Waals surface area contributed by atoms with Crippen molar-refractivity contribution < 1.29 is 10.2 Å². The van der Waals surface area contributed by atoms with Crippen LogP contribution in [0, 0.1) is 6.92 Å². The van der Waals surface area contributed by atoms with Crippen LogP contribution in [0.5, 0.6) is 0 Å². The maximum Gasteiger partial charge on any atom is 0.105 e. The Morgan fingerprint density at radius 3 is 2.54 bits per heavy atom. The largest absolute Gasteiger partial charge is 0.390 e. The van der Waals surface area contributed by atoms with Crippen molar-refractivity contribution in [2.24, 2.45) is 0 Å². The van der Waals surface area contributed by atoms with E-state index in [4.69, 9.17) is 0 Å². The molecule has 0 heterocycles. The van der Waals surface area contributed by atoms with E-state index in [0.29, 0.717) is 6.42 Å². The second-order valence-electron chi connectivity index (χ2n) is 3.33. The molecule has 2 atom stereocenters. The lowest BCUT2D eigenvalue weighted by Gasteiger charge is -2.16. The van der Waals surface area contributed by atoms with Crippen molar-refractivity contribution >= 4 is 0 Å². The van der Waals surface area contributed by atoms with Gasteiger partial charge in [-0.3, -0.25) is 0 Å². The summed E-state index contributed by atoms with van der Waals surface area (Å²) in [4.78, 5) is 0. The molecule has 0 spiro atoms. The van der Waals surface area contributed by atoms with Crippen molar-refractivity contribution in [3.8, 4) is 0 Å². The minimum Gasteiger partial charge on any atom is -0.390 e. The Balaban J connectivity index is 2.82. The summed E-state index contributed by atoms with van der Waals surface area (Å²) in [6, 6.07) is 7.57. The first-order valence-corrected chi connectivity index (χ1v) is 4.58. The third-order valence-electron chi connectivity index (χ3n) is 2.17. The topological polar surface area (TPSA) is 40.5 Å². The van der Waals surface area contributed by atoms with Gasteiger partial charge in [0, 0.05) is 0 Å². The molecular weight excluding hydrogens is 164 g/mol. The molecule has 0 saturated heterocycles. The number of rotatable bonds is 3. The maximum atomic E-state index is 9.66. The van der Waals surface area contributed by atoms with E-state index in [1.54, 1.807) is 0 Å². The summed E-state index contributed by atoms with van der Waals surface area (Å²) in [5, 5.41) is 19.1. The normalized spacial score (nSPS) is 15.4. The number of hydrogen-bond acceptors (Lipinski definition) is 2. The standard InChI is InChI=1S/C11H16O2/c1-3-10(12)11(13)9-6-4-5-8(2)7-9/h4-7,10-13H,3H2,1-2H3/t10-,11-/m1/s1. The van der Waals surface area contributed by atoms with Gasteiger partial charge >= 0.3 is 0 Å². The summed E-state index contributed by atoms with van der Waals surface area (Å²) >= 11 is 0. The quantitative estimate of drug-likeness (QED) is 0.744. The lowest BCUT2D eigenvalue weighted by atomic mass is 10.0. The Kier molecular flexibility index (Phi) is 3.46. The summed E-state index contributed by atoms with van der Waals surface area (Å²) in [5.74, 6) is 0. The molecule has 0 aliphatic carbocycles. The van der Waals surface area contributed by atoms with E-state index in [1.807, 2.05) is 38.1 Å². The van der Waals surface area contributed by atoms with E-state index >= 15 is 0 Å². The van der Waals surface area contributed by atoms with Crippen LogP contribution in [0.4, 0.5) is 0 Å². The Labute approximate surface area is 78.8 Å². The Morgan fingerprint density at radius 1 is 1.31 bits per heavy atom. The van der Waals surface area contributed by atoms with E-state index in [-0.39, 0.29) is 0 Å². The summed E-state index contributed by atoms with van der Waals surface area (Å²) in [5.41, 5.74) is 1.88. The van der Waals surface area contributed by atoms with Gasteiger partial charge in [-0.05, 0) is 18.9 Å². The van der Waals surface area contributed by atoms with Gasteiger partial charge in [0.05, 0.1) is 6.10 Å². The zero-order valence-electron chi connectivity index (χ0n) is 8.07. The van der Waals surface area contributed by atoms with Gasteiger partial charge in [-0.2, -0.15) is 0 Å². The molecular formula is C11H16O2. The molecule has 0 amide bonds. The fourth-order valence-corrected chi connectivity index (χ4v) is 1.30. The fraction of sp³-hybridized carbons (Fsp3) is 0.455. The minimum absolute atomic E-state index is 0.565. The minimum atomic E-state index is -0.759. The number of benzene rings is 1. The average molecular weight is 180 g/mol. The molecule has 0 bridgehead atoms. The molecule has 0 radical (unpaired) electrons. The summed E-state index contributed by atoms with van der Waals surface area (Å²) in [6.45, 7) is 3.82. The molecule has 1 rings (SSSR count). The maximum absolute atomic E-state index is 9.66. The molecule has 0 saturated carbocycles. The fourth-order valence-electron chi connectivity index (χ4n) is 1.30. The molecule has 0 aliphatic rings. The third kappa shape index (κ3) is 2.54. The molecule has 2 heteroatoms. The van der Waals surface area contributed by atoms with E-state index in [0.717, 1.165) is 11.1 Å². The van der Waals surface area contributed by atoms with Crippen LogP contribution in [-0.2, 0) is 0 Å². The molecule has 0 fully saturated rings. The highest BCUT2D eigenvalue weighted by molar-refractivity contribution is 5.24. The van der Waals surface area contributed by atoms with Crippen molar-refractivity contribution in [2.75, 3.05) is 0 Å². The van der Waals surface area contributed by atoms with Crippen molar-refractivity contribution in [1.82, 2.24) is 0 Å². The Bertz CT molecular complexity index is 271. The lowest BCUT2D eigenvalue weighted by Crippen LogP contribution is -2.16. The van der Waals surface area contributed by atoms with Crippen LogP contribution in [-0.4, -0.2) is 16.3 Å². The first kappa shape index (κ1) is 10.2. The van der Waals surface area contributed by atoms with Crippen LogP contribution in [0.1, 0.15) is 30.6 Å². The molecule has 72 valence electrons. The van der Waals surface area contributed by atoms with Crippen LogP contribution in [0.2, 0.25) is 0 Å². The van der Waals surface area contributed by atoms with Gasteiger partial charge in [0.1, 0.15) is 6.10 Å². The van der Waals surface area contributed by atoms with Gasteiger partial charge in [0.25, 0.3) is 0 Å². The molecule has 1 aromatic rings. The van der Waals surface area contributed by atoms with Crippen LogP contribution < -0.4 is 0 Å². The molecule has 0 aromatic heterocycles. The van der Waals surface area contributed by atoms with Gasteiger partial charge in [-0.25, -0.2) is 0 Å². The number of aliphatic hydroxyl groups excluding tert-OH is 2. The number of aliphatic hydroxyl groups is 2. The van der Waals surface area contributed by atoms with Gasteiger partial charge < -0.3 is 10.2 Å². The predicted molar refractivity (Wildman–Crippen MR) is 52.4 cm³/mol. The first-order valence-electron chi connectivity index (χ1n) is 4.58. The van der Waals surface area contributed by atoms with E-state index in [9.17, 15) is 10.2 Å². The molecule has 13 heavy (non-hydrogen) atoms. The van der Waals surface area contributed by atoms with Crippen LogP contribution >= 0.6 is 0 Å². The Hall–Kier alpha value is -0.860. The van der Waals surface area contributed by atoms with Crippen LogP contribution in [0.25, 0.3) is 0 Å². The second-order valence-corrected chi connectivity index (χ2v) is 3.33. The lowest BCUT2D eigenvalue weighted by molar-refractivity contribution is 0.0164. The first-order chi connectivity index (χ1) is 6.15. The zero-order chi connectivity index (χ0) is 9.84. The van der Waals surface area contributed by atoms with Gasteiger partial charge in [-0.15, -0.1) is 0 Å². The average Bonchev–Trinajstić information content (AvgIpc) is 2.15. The van der Waals surface area contributed by atoms with Crippen molar-refractivity contribution in [1.29, 1.82) is 0 Å². The highest BCUT2D eigenvalue weighted by atomic mass is 16.3. The zero-order valence-corrected chi connectivity index (χ0v) is 8.07. The van der Waals surface area contributed by atoms with Crippen LogP contribution in [0.15, 0.2) is 24.3 Å². The molecule has 2 nitrogen and oxygen atoms in total. The van der Waals surface area contributed by atoms with Crippen LogP contribution in [0.3, 0.4) is 0 Å². The molecule has 2 N–H and O–H groups in total. The highest BCUT2D eigenvalue weighted by Gasteiger charge is 2.15. The third-order valence-corrected chi connectivity index (χ3v) is 2.17. The van der Waals surface area contributed by atoms with Crippen molar-refractivity contribution in [3.63, 3.8) is 0 Å². The van der Waals surface area contributed by atoms with E-state index in [2.05, 4.69) is 0 Å². The van der Waals surface area contributed by atoms with E-state index in [1.165, 1.54) is 0 Å². The van der Waals surface area contributed by atoms with Gasteiger partial charge in [0.15, 0.2) is 0 Å². The summed E-state index contributed by atoms with van der Waals surface area (Å²) in [7, 11) is 0. The highest BCUT2D eigenvalue weighted by Crippen LogP contribution is 2.19. The van der Waals surface area contributed by atoms with Crippen molar-refractivity contribution in [3.05, 3.63) is 35.4 Å². The smallest absolute Gasteiger partial charge is 0.105 e. The van der Waals surface area contributed by atoms with Gasteiger partial charge in [0.2, 0.25) is 0 Å². The summed E-state index contributed by atoms with van der Waals surface area (Å²) in [6.07, 6.45) is -0.860. The second kappa shape index (κ2) is 4.40. The summed E-state index contributed by atoms with van der Waals surface area (Å²) < 4.78 is 0. The Morgan fingerprint density at radius 2 is 2.00 bits per heavy atom. The predicted octanol–water partition coefficient (Wildman–Crippen LogP) is 1.80. The number of aryl methyl sites for hydroxylation is 1. The van der Waals surface area contributed by atoms with Crippen molar-refractivity contribution in [2.45, 2.75) is 32.5 Å².